The van der Waals surface area contributed by atoms with Gasteiger partial charge in [0.2, 0.25) is 0 Å². The molecule has 0 unspecified atom stereocenters. The van der Waals surface area contributed by atoms with E-state index >= 15 is 0 Å². The maximum atomic E-state index is 12.4. The molecule has 2 fully saturated rings. The van der Waals surface area contributed by atoms with E-state index in [-0.39, 0.29) is 24.7 Å². The number of rotatable bonds is 4. The number of morpholine rings is 1. The molecule has 1 aromatic carbocycles. The molecule has 0 radical (unpaired) electrons. The predicted molar refractivity (Wildman–Crippen MR) is 80.3 cm³/mol. The Bertz CT molecular complexity index is 564. The van der Waals surface area contributed by atoms with Crippen LogP contribution in [0, 0.1) is 11.3 Å². The second-order valence-electron chi connectivity index (χ2n) is 5.76. The fourth-order valence-corrected chi connectivity index (χ4v) is 3.26. The molecule has 1 aliphatic heterocycles. The van der Waals surface area contributed by atoms with Crippen molar-refractivity contribution in [1.29, 1.82) is 5.26 Å². The summed E-state index contributed by atoms with van der Waals surface area (Å²) in [7, 11) is 0. The molecule has 1 amide bonds. The number of ether oxygens (including phenoxy) is 2. The van der Waals surface area contributed by atoms with Gasteiger partial charge in [-0.25, -0.2) is 0 Å². The second-order valence-corrected chi connectivity index (χ2v) is 5.76. The van der Waals surface area contributed by atoms with Crippen molar-refractivity contribution in [3.05, 3.63) is 29.8 Å². The SMILES string of the molecule is N#CCc1ccc(OCC(=O)N2CCO[C@H]3CCC[C@@H]32)cc1. The number of fused-ring (bicyclic) bond motifs is 1. The van der Waals surface area contributed by atoms with E-state index in [1.807, 2.05) is 17.0 Å². The first-order chi connectivity index (χ1) is 10.8. The van der Waals surface area contributed by atoms with Crippen molar-refractivity contribution in [1.82, 2.24) is 4.90 Å². The van der Waals surface area contributed by atoms with Crippen LogP contribution in [-0.2, 0) is 16.0 Å². The van der Waals surface area contributed by atoms with E-state index in [2.05, 4.69) is 6.07 Å². The zero-order chi connectivity index (χ0) is 15.4. The van der Waals surface area contributed by atoms with Gasteiger partial charge in [0, 0.05) is 6.54 Å². The summed E-state index contributed by atoms with van der Waals surface area (Å²) in [5.74, 6) is 0.688. The van der Waals surface area contributed by atoms with Crippen molar-refractivity contribution in [3.63, 3.8) is 0 Å². The number of nitriles is 1. The van der Waals surface area contributed by atoms with Gasteiger partial charge in [0.15, 0.2) is 6.61 Å². The van der Waals surface area contributed by atoms with Gasteiger partial charge in [-0.05, 0) is 37.0 Å². The Labute approximate surface area is 130 Å². The third kappa shape index (κ3) is 3.23. The fourth-order valence-electron chi connectivity index (χ4n) is 3.26. The highest BCUT2D eigenvalue weighted by molar-refractivity contribution is 5.78. The summed E-state index contributed by atoms with van der Waals surface area (Å²) in [4.78, 5) is 14.3. The van der Waals surface area contributed by atoms with E-state index in [1.54, 1.807) is 12.1 Å². The number of carbonyl (C=O) groups is 1. The van der Waals surface area contributed by atoms with Crippen LogP contribution in [0.3, 0.4) is 0 Å². The van der Waals surface area contributed by atoms with Gasteiger partial charge in [-0.1, -0.05) is 12.1 Å². The molecule has 5 nitrogen and oxygen atoms in total. The monoisotopic (exact) mass is 300 g/mol. The summed E-state index contributed by atoms with van der Waals surface area (Å²) in [6.45, 7) is 1.33. The predicted octanol–water partition coefficient (Wildman–Crippen LogP) is 1.91. The van der Waals surface area contributed by atoms with E-state index in [9.17, 15) is 4.79 Å². The van der Waals surface area contributed by atoms with E-state index in [4.69, 9.17) is 14.7 Å². The first-order valence-electron chi connectivity index (χ1n) is 7.77. The third-order valence-corrected chi connectivity index (χ3v) is 4.37. The number of nitrogens with zero attached hydrogens (tertiary/aromatic N) is 2. The smallest absolute Gasteiger partial charge is 0.260 e. The number of amides is 1. The number of hydrogen-bond acceptors (Lipinski definition) is 4. The van der Waals surface area contributed by atoms with Gasteiger partial charge in [0.1, 0.15) is 5.75 Å². The van der Waals surface area contributed by atoms with Gasteiger partial charge in [-0.2, -0.15) is 5.26 Å². The Morgan fingerprint density at radius 2 is 2.18 bits per heavy atom. The van der Waals surface area contributed by atoms with Crippen LogP contribution in [0.1, 0.15) is 24.8 Å². The van der Waals surface area contributed by atoms with Gasteiger partial charge in [0.25, 0.3) is 5.91 Å². The second kappa shape index (κ2) is 6.80. The third-order valence-electron chi connectivity index (χ3n) is 4.37. The number of hydrogen-bond donors (Lipinski definition) is 0. The lowest BCUT2D eigenvalue weighted by Crippen LogP contribution is -2.52. The van der Waals surface area contributed by atoms with Crippen molar-refractivity contribution in [2.45, 2.75) is 37.8 Å². The molecule has 116 valence electrons. The lowest BCUT2D eigenvalue weighted by Gasteiger charge is -2.37. The molecule has 0 N–H and O–H groups in total. The Morgan fingerprint density at radius 1 is 1.36 bits per heavy atom. The zero-order valence-corrected chi connectivity index (χ0v) is 12.5. The van der Waals surface area contributed by atoms with Crippen LogP contribution >= 0.6 is 0 Å². The van der Waals surface area contributed by atoms with E-state index in [1.165, 1.54) is 0 Å². The standard InChI is InChI=1S/C17H20N2O3/c18-9-8-13-4-6-14(7-5-13)22-12-17(20)19-10-11-21-16-3-1-2-15(16)19/h4-7,15-16H,1-3,8,10-12H2/t15-,16-/m0/s1. The topological polar surface area (TPSA) is 62.6 Å². The van der Waals surface area contributed by atoms with Gasteiger partial charge < -0.3 is 14.4 Å². The van der Waals surface area contributed by atoms with Crippen molar-refractivity contribution >= 4 is 5.91 Å². The average Bonchev–Trinajstić information content (AvgIpc) is 3.02. The first kappa shape index (κ1) is 14.9. The highest BCUT2D eigenvalue weighted by Gasteiger charge is 2.38. The Balaban J connectivity index is 1.54. The molecule has 3 rings (SSSR count). The van der Waals surface area contributed by atoms with Gasteiger partial charge in [-0.15, -0.1) is 0 Å². The molecule has 1 saturated carbocycles. The lowest BCUT2D eigenvalue weighted by atomic mass is 10.1. The van der Waals surface area contributed by atoms with Gasteiger partial charge in [0.05, 0.1) is 31.2 Å². The Morgan fingerprint density at radius 3 is 2.95 bits per heavy atom. The van der Waals surface area contributed by atoms with E-state index < -0.39 is 0 Å². The molecular weight excluding hydrogens is 280 g/mol. The summed E-state index contributed by atoms with van der Waals surface area (Å²) in [6, 6.07) is 9.64. The fraction of sp³-hybridized carbons (Fsp3) is 0.529. The Kier molecular flexibility index (Phi) is 4.59. The van der Waals surface area contributed by atoms with Crippen molar-refractivity contribution in [2.24, 2.45) is 0 Å². The minimum atomic E-state index is 0.0290. The summed E-state index contributed by atoms with van der Waals surface area (Å²) in [5.41, 5.74) is 0.947. The molecular formula is C17H20N2O3. The summed E-state index contributed by atoms with van der Waals surface area (Å²) < 4.78 is 11.3. The molecule has 2 atom stereocenters. The van der Waals surface area contributed by atoms with Crippen molar-refractivity contribution in [3.8, 4) is 11.8 Å². The molecule has 1 aromatic rings. The van der Waals surface area contributed by atoms with Gasteiger partial charge >= 0.3 is 0 Å². The molecule has 1 aliphatic carbocycles. The minimum absolute atomic E-state index is 0.0290. The van der Waals surface area contributed by atoms with Crippen LogP contribution in [0.15, 0.2) is 24.3 Å². The maximum Gasteiger partial charge on any atom is 0.260 e. The average molecular weight is 300 g/mol. The Hall–Kier alpha value is -2.06. The van der Waals surface area contributed by atoms with Gasteiger partial charge in [-0.3, -0.25) is 4.79 Å². The minimum Gasteiger partial charge on any atom is -0.484 e. The van der Waals surface area contributed by atoms with Crippen LogP contribution in [0.5, 0.6) is 5.75 Å². The molecule has 5 heteroatoms. The lowest BCUT2D eigenvalue weighted by molar-refractivity contribution is -0.146. The molecule has 22 heavy (non-hydrogen) atoms. The van der Waals surface area contributed by atoms with Crippen LogP contribution in [-0.4, -0.2) is 42.7 Å². The molecule has 0 aromatic heterocycles. The molecule has 1 saturated heterocycles. The van der Waals surface area contributed by atoms with Crippen molar-refractivity contribution in [2.75, 3.05) is 19.8 Å². The summed E-state index contributed by atoms with van der Waals surface area (Å²) in [6.07, 6.45) is 3.80. The van der Waals surface area contributed by atoms with Crippen LogP contribution in [0.25, 0.3) is 0 Å². The highest BCUT2D eigenvalue weighted by Crippen LogP contribution is 2.29. The van der Waals surface area contributed by atoms with Crippen LogP contribution in [0.4, 0.5) is 0 Å². The van der Waals surface area contributed by atoms with E-state index in [0.717, 1.165) is 24.8 Å². The van der Waals surface area contributed by atoms with Crippen molar-refractivity contribution < 1.29 is 14.3 Å². The van der Waals surface area contributed by atoms with Crippen LogP contribution in [0.2, 0.25) is 0 Å². The first-order valence-corrected chi connectivity index (χ1v) is 7.77. The highest BCUT2D eigenvalue weighted by atomic mass is 16.5. The number of carbonyl (C=O) groups excluding carboxylic acids is 1. The molecule has 1 heterocycles. The summed E-state index contributed by atoms with van der Waals surface area (Å²) in [5, 5.41) is 8.64. The molecule has 2 aliphatic rings. The zero-order valence-electron chi connectivity index (χ0n) is 12.5. The maximum absolute atomic E-state index is 12.4. The van der Waals surface area contributed by atoms with E-state index in [0.29, 0.717) is 25.3 Å². The molecule has 0 spiro atoms. The quantitative estimate of drug-likeness (QED) is 0.852. The van der Waals surface area contributed by atoms with Crippen LogP contribution < -0.4 is 4.74 Å². The molecule has 0 bridgehead atoms. The largest absolute Gasteiger partial charge is 0.484 e. The summed E-state index contributed by atoms with van der Waals surface area (Å²) >= 11 is 0. The normalized spacial score (nSPS) is 23.7. The number of benzene rings is 1.